The molecule has 4 nitrogen and oxygen atoms in total. The SMILES string of the molecule is C[C@H](Sc1nc(C(F)(F)F)nc2ccccc12)C(=O)N[C@H](C)c1ccc(F)cc1. The lowest BCUT2D eigenvalue weighted by Gasteiger charge is -2.18. The number of aromatic nitrogens is 2. The first-order valence-electron chi connectivity index (χ1n) is 8.71. The van der Waals surface area contributed by atoms with E-state index in [0.29, 0.717) is 10.9 Å². The summed E-state index contributed by atoms with van der Waals surface area (Å²) in [5.74, 6) is -2.00. The Morgan fingerprint density at radius 3 is 2.34 bits per heavy atom. The van der Waals surface area contributed by atoms with E-state index in [2.05, 4.69) is 15.3 Å². The van der Waals surface area contributed by atoms with Crippen molar-refractivity contribution in [1.29, 1.82) is 0 Å². The molecule has 0 fully saturated rings. The molecule has 1 N–H and O–H groups in total. The number of halogens is 4. The predicted octanol–water partition coefficient (Wildman–Crippen LogP) is 5.15. The molecule has 0 aliphatic heterocycles. The van der Waals surface area contributed by atoms with Gasteiger partial charge in [-0.05, 0) is 37.6 Å². The van der Waals surface area contributed by atoms with E-state index in [0.717, 1.165) is 11.8 Å². The Morgan fingerprint density at radius 2 is 1.69 bits per heavy atom. The summed E-state index contributed by atoms with van der Waals surface area (Å²) >= 11 is 0.928. The van der Waals surface area contributed by atoms with Gasteiger partial charge < -0.3 is 5.32 Å². The molecule has 0 bridgehead atoms. The van der Waals surface area contributed by atoms with Crippen LogP contribution in [0.4, 0.5) is 17.6 Å². The Bertz CT molecular complexity index is 1020. The van der Waals surface area contributed by atoms with Crippen LogP contribution in [0.1, 0.15) is 31.3 Å². The number of rotatable bonds is 5. The highest BCUT2D eigenvalue weighted by Crippen LogP contribution is 2.33. The number of thioether (sulfide) groups is 1. The molecule has 2 atom stereocenters. The molecule has 9 heteroatoms. The van der Waals surface area contributed by atoms with E-state index in [-0.39, 0.29) is 28.3 Å². The number of fused-ring (bicyclic) bond motifs is 1. The van der Waals surface area contributed by atoms with Crippen molar-refractivity contribution in [2.45, 2.75) is 36.3 Å². The highest BCUT2D eigenvalue weighted by Gasteiger charge is 2.36. The molecule has 0 aliphatic rings. The lowest BCUT2D eigenvalue weighted by Crippen LogP contribution is -2.33. The maximum Gasteiger partial charge on any atom is 0.451 e. The van der Waals surface area contributed by atoms with Gasteiger partial charge in [0.15, 0.2) is 0 Å². The lowest BCUT2D eigenvalue weighted by molar-refractivity contribution is -0.145. The number of hydrogen-bond acceptors (Lipinski definition) is 4. The minimum Gasteiger partial charge on any atom is -0.349 e. The van der Waals surface area contributed by atoms with Crippen LogP contribution >= 0.6 is 11.8 Å². The van der Waals surface area contributed by atoms with Gasteiger partial charge in [-0.25, -0.2) is 14.4 Å². The van der Waals surface area contributed by atoms with Gasteiger partial charge in [0, 0.05) is 5.39 Å². The largest absolute Gasteiger partial charge is 0.451 e. The molecule has 1 heterocycles. The zero-order chi connectivity index (χ0) is 21.2. The first kappa shape index (κ1) is 21.0. The number of carbonyl (C=O) groups is 1. The molecule has 0 saturated heterocycles. The number of benzene rings is 2. The van der Waals surface area contributed by atoms with E-state index in [9.17, 15) is 22.4 Å². The van der Waals surface area contributed by atoms with Crippen molar-refractivity contribution in [3.63, 3.8) is 0 Å². The Hall–Kier alpha value is -2.68. The minimum absolute atomic E-state index is 0.0833. The number of para-hydroxylation sites is 1. The van der Waals surface area contributed by atoms with Crippen LogP contribution in [0, 0.1) is 5.82 Å². The summed E-state index contributed by atoms with van der Waals surface area (Å²) in [5.41, 5.74) is 0.869. The molecule has 0 radical (unpaired) electrons. The average Bonchev–Trinajstić information content (AvgIpc) is 2.67. The first-order chi connectivity index (χ1) is 13.6. The van der Waals surface area contributed by atoms with E-state index in [1.807, 2.05) is 0 Å². The Kier molecular flexibility index (Phi) is 6.07. The molecule has 1 amide bonds. The standard InChI is InChI=1S/C20H17F4N3OS/c1-11(13-7-9-14(21)10-8-13)25-17(28)12(2)29-18-15-5-3-4-6-16(15)26-19(27-18)20(22,23)24/h3-12H,1-2H3,(H,25,28)/t11-,12+/m1/s1. The highest BCUT2D eigenvalue weighted by molar-refractivity contribution is 8.00. The van der Waals surface area contributed by atoms with Gasteiger partial charge in [0.1, 0.15) is 10.8 Å². The summed E-state index contributed by atoms with van der Waals surface area (Å²) in [6.07, 6.45) is -4.69. The first-order valence-corrected chi connectivity index (χ1v) is 9.59. The van der Waals surface area contributed by atoms with Gasteiger partial charge in [-0.15, -0.1) is 0 Å². The van der Waals surface area contributed by atoms with Crippen molar-refractivity contribution < 1.29 is 22.4 Å². The lowest BCUT2D eigenvalue weighted by atomic mass is 10.1. The van der Waals surface area contributed by atoms with E-state index in [4.69, 9.17) is 0 Å². The topological polar surface area (TPSA) is 54.9 Å². The molecule has 0 spiro atoms. The number of nitrogens with zero attached hydrogens (tertiary/aromatic N) is 2. The van der Waals surface area contributed by atoms with Crippen LogP contribution < -0.4 is 5.32 Å². The van der Waals surface area contributed by atoms with Gasteiger partial charge >= 0.3 is 6.18 Å². The molecular weight excluding hydrogens is 406 g/mol. The third-order valence-electron chi connectivity index (χ3n) is 4.21. The van der Waals surface area contributed by atoms with Gasteiger partial charge in [0.2, 0.25) is 11.7 Å². The number of hydrogen-bond donors (Lipinski definition) is 1. The van der Waals surface area contributed by atoms with Gasteiger partial charge in [-0.3, -0.25) is 4.79 Å². The van der Waals surface area contributed by atoms with E-state index >= 15 is 0 Å². The summed E-state index contributed by atoms with van der Waals surface area (Å²) in [6.45, 7) is 3.33. The smallest absolute Gasteiger partial charge is 0.349 e. The van der Waals surface area contributed by atoms with E-state index in [1.54, 1.807) is 44.2 Å². The molecule has 2 aromatic carbocycles. The van der Waals surface area contributed by atoms with Crippen molar-refractivity contribution >= 4 is 28.6 Å². The minimum atomic E-state index is -4.69. The van der Waals surface area contributed by atoms with E-state index < -0.39 is 17.3 Å². The maximum atomic E-state index is 13.1. The number of carbonyl (C=O) groups excluding carboxylic acids is 1. The number of amides is 1. The van der Waals surface area contributed by atoms with Crippen LogP contribution in [0.5, 0.6) is 0 Å². The molecule has 1 aromatic heterocycles. The molecule has 3 rings (SSSR count). The average molecular weight is 423 g/mol. The van der Waals surface area contributed by atoms with Crippen LogP contribution in [-0.2, 0) is 11.0 Å². The molecule has 152 valence electrons. The predicted molar refractivity (Wildman–Crippen MR) is 103 cm³/mol. The fourth-order valence-electron chi connectivity index (χ4n) is 2.65. The number of nitrogens with one attached hydrogen (secondary N) is 1. The Morgan fingerprint density at radius 1 is 1.03 bits per heavy atom. The van der Waals surface area contributed by atoms with Gasteiger partial charge in [-0.1, -0.05) is 42.1 Å². The second-order valence-corrected chi connectivity index (χ2v) is 7.74. The van der Waals surface area contributed by atoms with Crippen LogP contribution in [0.2, 0.25) is 0 Å². The summed E-state index contributed by atoms with van der Waals surface area (Å²) in [7, 11) is 0. The van der Waals surface area contributed by atoms with Crippen molar-refractivity contribution in [3.8, 4) is 0 Å². The monoisotopic (exact) mass is 423 g/mol. The normalized spacial score (nSPS) is 13.9. The van der Waals surface area contributed by atoms with Gasteiger partial charge in [0.25, 0.3) is 0 Å². The van der Waals surface area contributed by atoms with E-state index in [1.165, 1.54) is 18.2 Å². The van der Waals surface area contributed by atoms with Crippen LogP contribution in [0.15, 0.2) is 53.6 Å². The van der Waals surface area contributed by atoms with Crippen molar-refractivity contribution in [2.24, 2.45) is 0 Å². The third kappa shape index (κ3) is 5.03. The quantitative estimate of drug-likeness (QED) is 0.351. The molecule has 29 heavy (non-hydrogen) atoms. The zero-order valence-electron chi connectivity index (χ0n) is 15.5. The zero-order valence-corrected chi connectivity index (χ0v) is 16.3. The summed E-state index contributed by atoms with van der Waals surface area (Å²) < 4.78 is 52.5. The Labute approximate surface area is 168 Å². The van der Waals surface area contributed by atoms with Gasteiger partial charge in [-0.2, -0.15) is 13.2 Å². The van der Waals surface area contributed by atoms with Crippen LogP contribution in [0.3, 0.4) is 0 Å². The van der Waals surface area contributed by atoms with Crippen molar-refractivity contribution in [1.82, 2.24) is 15.3 Å². The summed E-state index contributed by atoms with van der Waals surface area (Å²) in [6, 6.07) is 11.7. The molecular formula is C20H17F4N3OS. The maximum absolute atomic E-state index is 13.1. The molecule has 0 saturated carbocycles. The fraction of sp³-hybridized carbons (Fsp3) is 0.250. The molecule has 3 aromatic rings. The van der Waals surface area contributed by atoms with Crippen molar-refractivity contribution in [2.75, 3.05) is 0 Å². The number of alkyl halides is 3. The van der Waals surface area contributed by atoms with Crippen LogP contribution in [0.25, 0.3) is 10.9 Å². The second-order valence-electron chi connectivity index (χ2n) is 6.41. The molecule has 0 aliphatic carbocycles. The molecule has 0 unspecified atom stereocenters. The van der Waals surface area contributed by atoms with Gasteiger partial charge in [0.05, 0.1) is 16.8 Å². The highest BCUT2D eigenvalue weighted by atomic mass is 32.2. The van der Waals surface area contributed by atoms with Crippen LogP contribution in [-0.4, -0.2) is 21.1 Å². The second kappa shape index (κ2) is 8.36. The fourth-order valence-corrected chi connectivity index (χ4v) is 3.60. The Balaban J connectivity index is 1.80. The van der Waals surface area contributed by atoms with Crippen molar-refractivity contribution in [3.05, 3.63) is 65.7 Å². The summed E-state index contributed by atoms with van der Waals surface area (Å²) in [5, 5.41) is 2.59. The third-order valence-corrected chi connectivity index (χ3v) is 5.31. The summed E-state index contributed by atoms with van der Waals surface area (Å²) in [4.78, 5) is 19.8.